The molecule has 0 aliphatic heterocycles. The van der Waals surface area contributed by atoms with E-state index in [1.165, 1.54) is 0 Å². The summed E-state index contributed by atoms with van der Waals surface area (Å²) in [5.74, 6) is -6.39. The van der Waals surface area contributed by atoms with E-state index < -0.39 is 35.0 Å². The molecule has 0 radical (unpaired) electrons. The van der Waals surface area contributed by atoms with Crippen LogP contribution in [0.3, 0.4) is 0 Å². The van der Waals surface area contributed by atoms with Crippen LogP contribution in [0.1, 0.15) is 12.8 Å². The lowest BCUT2D eigenvalue weighted by Crippen LogP contribution is -2.31. The Kier molecular flexibility index (Phi) is 2.91. The van der Waals surface area contributed by atoms with Crippen LogP contribution in [0.5, 0.6) is 0 Å². The molecule has 0 spiro atoms. The molecule has 1 aliphatic carbocycles. The molecule has 1 aliphatic rings. The zero-order valence-corrected chi connectivity index (χ0v) is 8.49. The van der Waals surface area contributed by atoms with Gasteiger partial charge in [-0.25, -0.2) is 22.4 Å². The monoisotopic (exact) mass is 248 g/mol. The van der Waals surface area contributed by atoms with Crippen molar-refractivity contribution in [3.8, 4) is 0 Å². The first kappa shape index (κ1) is 11.7. The number of hydrogen-bond donors (Lipinski definition) is 2. The van der Waals surface area contributed by atoms with Gasteiger partial charge < -0.3 is 10.6 Å². The molecule has 3 nitrogen and oxygen atoms in total. The molecule has 1 aromatic rings. The molecule has 0 aromatic heterocycles. The van der Waals surface area contributed by atoms with Crippen molar-refractivity contribution in [1.29, 1.82) is 0 Å². The zero-order valence-electron chi connectivity index (χ0n) is 8.49. The molecule has 92 valence electrons. The fourth-order valence-corrected chi connectivity index (χ4v) is 1.25. The van der Waals surface area contributed by atoms with E-state index in [2.05, 4.69) is 5.32 Å². The predicted molar refractivity (Wildman–Crippen MR) is 51.5 cm³/mol. The van der Waals surface area contributed by atoms with Crippen LogP contribution in [0.2, 0.25) is 0 Å². The summed E-state index contributed by atoms with van der Waals surface area (Å²) in [6, 6.07) is -0.857. The number of halogens is 4. The Morgan fingerprint density at radius 2 is 1.65 bits per heavy atom. The van der Waals surface area contributed by atoms with Crippen LogP contribution in [0.15, 0.2) is 6.07 Å². The molecular weight excluding hydrogens is 240 g/mol. The number of urea groups is 1. The average molecular weight is 248 g/mol. The van der Waals surface area contributed by atoms with Crippen LogP contribution in [0, 0.1) is 23.3 Å². The normalized spacial score (nSPS) is 14.6. The molecule has 1 saturated carbocycles. The van der Waals surface area contributed by atoms with Gasteiger partial charge in [0, 0.05) is 12.1 Å². The number of rotatable bonds is 2. The van der Waals surface area contributed by atoms with Crippen molar-refractivity contribution in [2.45, 2.75) is 18.9 Å². The van der Waals surface area contributed by atoms with Crippen LogP contribution < -0.4 is 10.6 Å². The van der Waals surface area contributed by atoms with E-state index in [0.717, 1.165) is 12.8 Å². The molecule has 7 heteroatoms. The quantitative estimate of drug-likeness (QED) is 0.612. The Hall–Kier alpha value is -1.79. The lowest BCUT2D eigenvalue weighted by atomic mass is 10.2. The van der Waals surface area contributed by atoms with Gasteiger partial charge in [0.2, 0.25) is 0 Å². The van der Waals surface area contributed by atoms with E-state index in [-0.39, 0.29) is 12.1 Å². The molecule has 2 amide bonds. The second-order valence-electron chi connectivity index (χ2n) is 3.72. The Morgan fingerprint density at radius 3 is 2.12 bits per heavy atom. The van der Waals surface area contributed by atoms with E-state index in [9.17, 15) is 22.4 Å². The molecule has 0 saturated heterocycles. The minimum absolute atomic E-state index is 0.0421. The van der Waals surface area contributed by atoms with Crippen LogP contribution in [0.4, 0.5) is 28.0 Å². The maximum Gasteiger partial charge on any atom is 0.319 e. The maximum absolute atomic E-state index is 13.1. The van der Waals surface area contributed by atoms with Gasteiger partial charge in [0.25, 0.3) is 0 Å². The van der Waals surface area contributed by atoms with E-state index in [4.69, 9.17) is 0 Å². The molecule has 0 unspecified atom stereocenters. The molecule has 17 heavy (non-hydrogen) atoms. The number of hydrogen-bond acceptors (Lipinski definition) is 1. The summed E-state index contributed by atoms with van der Waals surface area (Å²) >= 11 is 0. The van der Waals surface area contributed by atoms with Crippen LogP contribution in [-0.2, 0) is 0 Å². The number of amides is 2. The molecule has 1 aromatic carbocycles. The number of benzene rings is 1. The van der Waals surface area contributed by atoms with Gasteiger partial charge in [-0.2, -0.15) is 0 Å². The first-order valence-corrected chi connectivity index (χ1v) is 4.89. The lowest BCUT2D eigenvalue weighted by molar-refractivity contribution is 0.251. The van der Waals surface area contributed by atoms with E-state index in [1.54, 1.807) is 5.32 Å². The number of carbonyl (C=O) groups is 1. The van der Waals surface area contributed by atoms with Crippen molar-refractivity contribution in [2.75, 3.05) is 5.32 Å². The highest BCUT2D eigenvalue weighted by Gasteiger charge is 2.25. The third-order valence-electron chi connectivity index (χ3n) is 2.26. The Labute approximate surface area is 93.8 Å². The Morgan fingerprint density at radius 1 is 1.12 bits per heavy atom. The van der Waals surface area contributed by atoms with E-state index in [1.807, 2.05) is 0 Å². The summed E-state index contributed by atoms with van der Waals surface area (Å²) in [5, 5.41) is 4.12. The third kappa shape index (κ3) is 2.48. The molecule has 1 fully saturated rings. The van der Waals surface area contributed by atoms with Gasteiger partial charge in [0.1, 0.15) is 5.69 Å². The van der Waals surface area contributed by atoms with Crippen LogP contribution in [0.25, 0.3) is 0 Å². The highest BCUT2D eigenvalue weighted by molar-refractivity contribution is 5.89. The Bertz CT molecular complexity index is 448. The smallest absolute Gasteiger partial charge is 0.319 e. The summed E-state index contributed by atoms with van der Waals surface area (Å²) in [7, 11) is 0. The van der Waals surface area contributed by atoms with Crippen molar-refractivity contribution in [3.05, 3.63) is 29.3 Å². The van der Waals surface area contributed by atoms with Gasteiger partial charge in [0.05, 0.1) is 0 Å². The Balaban J connectivity index is 2.21. The summed E-state index contributed by atoms with van der Waals surface area (Å²) < 4.78 is 51.8. The molecular formula is C10H8F4N2O. The molecule has 2 N–H and O–H groups in total. The predicted octanol–water partition coefficient (Wildman–Crippen LogP) is 2.53. The first-order valence-electron chi connectivity index (χ1n) is 4.89. The summed E-state index contributed by atoms with van der Waals surface area (Å²) in [5.41, 5.74) is -1.12. The summed E-state index contributed by atoms with van der Waals surface area (Å²) in [6.45, 7) is 0. The van der Waals surface area contributed by atoms with E-state index >= 15 is 0 Å². The largest absolute Gasteiger partial charge is 0.335 e. The molecule has 0 bridgehead atoms. The molecule has 2 rings (SSSR count). The van der Waals surface area contributed by atoms with Crippen LogP contribution in [-0.4, -0.2) is 12.1 Å². The van der Waals surface area contributed by atoms with Crippen molar-refractivity contribution in [2.24, 2.45) is 0 Å². The topological polar surface area (TPSA) is 41.1 Å². The van der Waals surface area contributed by atoms with Crippen LogP contribution >= 0.6 is 0 Å². The van der Waals surface area contributed by atoms with Crippen molar-refractivity contribution < 1.29 is 22.4 Å². The number of nitrogens with one attached hydrogen (secondary N) is 2. The van der Waals surface area contributed by atoms with Gasteiger partial charge in [-0.3, -0.25) is 0 Å². The van der Waals surface area contributed by atoms with E-state index in [0.29, 0.717) is 0 Å². The lowest BCUT2D eigenvalue weighted by Gasteiger charge is -2.09. The average Bonchev–Trinajstić information content (AvgIpc) is 3.05. The fraction of sp³-hybridized carbons (Fsp3) is 0.300. The van der Waals surface area contributed by atoms with Gasteiger partial charge in [0.15, 0.2) is 23.3 Å². The highest BCUT2D eigenvalue weighted by Crippen LogP contribution is 2.24. The maximum atomic E-state index is 13.1. The standard InChI is InChI=1S/C10H8F4N2O/c11-5-3-6(12)8(14)9(7(5)13)16-10(17)15-4-1-2-4/h3-4H,1-2H2,(H2,15,16,17). The number of anilines is 1. The minimum Gasteiger partial charge on any atom is -0.335 e. The van der Waals surface area contributed by atoms with Crippen molar-refractivity contribution in [1.82, 2.24) is 5.32 Å². The van der Waals surface area contributed by atoms with Gasteiger partial charge in [-0.15, -0.1) is 0 Å². The molecule has 0 atom stereocenters. The second kappa shape index (κ2) is 4.23. The van der Waals surface area contributed by atoms with Crippen molar-refractivity contribution >= 4 is 11.7 Å². The SMILES string of the molecule is O=C(Nc1c(F)c(F)cc(F)c1F)NC1CC1. The third-order valence-corrected chi connectivity index (χ3v) is 2.26. The van der Waals surface area contributed by atoms with Gasteiger partial charge in [-0.1, -0.05) is 0 Å². The highest BCUT2D eigenvalue weighted by atomic mass is 19.2. The number of carbonyl (C=O) groups excluding carboxylic acids is 1. The van der Waals surface area contributed by atoms with Crippen molar-refractivity contribution in [3.63, 3.8) is 0 Å². The second-order valence-corrected chi connectivity index (χ2v) is 3.72. The van der Waals surface area contributed by atoms with Gasteiger partial charge >= 0.3 is 6.03 Å². The molecule has 0 heterocycles. The minimum atomic E-state index is -1.63. The first-order chi connectivity index (χ1) is 7.99. The fourth-order valence-electron chi connectivity index (χ4n) is 1.25. The zero-order chi connectivity index (χ0) is 12.6. The summed E-state index contributed by atoms with van der Waals surface area (Å²) in [4.78, 5) is 11.2. The van der Waals surface area contributed by atoms with Gasteiger partial charge in [-0.05, 0) is 12.8 Å². The summed E-state index contributed by atoms with van der Waals surface area (Å²) in [6.07, 6.45) is 1.55.